The molecule has 13 nitrogen and oxygen atoms in total. The number of Topliss-reactive ketones (excluding diaryl/α,β-unsaturated/α-hetero) is 1. The van der Waals surface area contributed by atoms with Gasteiger partial charge in [0, 0.05) is 57.8 Å². The van der Waals surface area contributed by atoms with E-state index in [0.29, 0.717) is 47.8 Å². The molecule has 105 heavy (non-hydrogen) atoms. The number of aryl methyl sites for hydroxylation is 4. The Morgan fingerprint density at radius 3 is 1.26 bits per heavy atom. The number of carboxylic acids is 1. The van der Waals surface area contributed by atoms with E-state index in [9.17, 15) is 19.8 Å². The first-order valence-corrected chi connectivity index (χ1v) is 39.1. The van der Waals surface area contributed by atoms with E-state index in [0.717, 1.165) is 126 Å². The second-order valence-corrected chi connectivity index (χ2v) is 29.9. The van der Waals surface area contributed by atoms with E-state index in [2.05, 4.69) is 124 Å². The van der Waals surface area contributed by atoms with Gasteiger partial charge in [0.2, 0.25) is 0 Å². The van der Waals surface area contributed by atoms with Crippen LogP contribution in [-0.4, -0.2) is 76.4 Å². The Hall–Kier alpha value is -7.76. The predicted molar refractivity (Wildman–Crippen MR) is 432 cm³/mol. The minimum Gasteiger partial charge on any atom is -0.507 e. The van der Waals surface area contributed by atoms with Crippen molar-refractivity contribution in [3.63, 3.8) is 0 Å². The molecule has 582 valence electrons. The number of allylic oxidation sites excluding steroid dienone is 10. The van der Waals surface area contributed by atoms with Gasteiger partial charge in [-0.3, -0.25) is 9.59 Å². The fourth-order valence-electron chi connectivity index (χ4n) is 15.2. The fourth-order valence-corrected chi connectivity index (χ4v) is 15.2. The zero-order valence-corrected chi connectivity index (χ0v) is 68.5. The molecule has 0 saturated heterocycles. The highest BCUT2D eigenvalue weighted by atomic mass is 16.5. The van der Waals surface area contributed by atoms with Gasteiger partial charge in [0.05, 0.1) is 48.6 Å². The minimum atomic E-state index is -0.819. The Balaban J connectivity index is 0.000000360. The van der Waals surface area contributed by atoms with E-state index >= 15 is 0 Å². The van der Waals surface area contributed by atoms with E-state index < -0.39 is 11.9 Å². The number of aromatic hydroxyl groups is 1. The lowest BCUT2D eigenvalue weighted by Gasteiger charge is -2.46. The van der Waals surface area contributed by atoms with Crippen LogP contribution in [0.1, 0.15) is 294 Å². The lowest BCUT2D eigenvalue weighted by atomic mass is 9.68. The van der Waals surface area contributed by atoms with Gasteiger partial charge in [0.1, 0.15) is 57.4 Å². The van der Waals surface area contributed by atoms with Crippen LogP contribution in [0.5, 0.6) is 46.0 Å². The molecule has 1 aliphatic heterocycles. The van der Waals surface area contributed by atoms with Crippen molar-refractivity contribution in [2.45, 2.75) is 280 Å². The van der Waals surface area contributed by atoms with Gasteiger partial charge < -0.3 is 43.4 Å². The molecule has 2 aliphatic carbocycles. The third-order valence-corrected chi connectivity index (χ3v) is 21.0. The average Bonchev–Trinajstić information content (AvgIpc) is 0.740. The first kappa shape index (κ1) is 91.4. The number of aliphatic carboxylic acids is 1. The maximum Gasteiger partial charge on any atom is 0.373 e. The summed E-state index contributed by atoms with van der Waals surface area (Å²) in [4.78, 5) is 40.9. The first-order valence-electron chi connectivity index (χ1n) is 39.1. The van der Waals surface area contributed by atoms with Crippen LogP contribution in [0.25, 0.3) is 0 Å². The number of benzene rings is 4. The van der Waals surface area contributed by atoms with Crippen LogP contribution in [-0.2, 0) is 44.9 Å². The second-order valence-electron chi connectivity index (χ2n) is 29.9. The summed E-state index contributed by atoms with van der Waals surface area (Å²) in [5.74, 6) is 6.22. The zero-order chi connectivity index (χ0) is 78.3. The number of hydrogen-bond donors (Lipinski definition) is 2. The Bertz CT molecular complexity index is 3310. The number of hydrogen-bond acceptors (Lipinski definition) is 12. The van der Waals surface area contributed by atoms with Crippen LogP contribution in [0.15, 0.2) is 120 Å². The Kier molecular flexibility index (Phi) is 42.2. The van der Waals surface area contributed by atoms with Crippen LogP contribution < -0.4 is 33.2 Å². The number of carbonyl (C=O) groups is 2. The molecule has 2 N–H and O–H groups in total. The van der Waals surface area contributed by atoms with Crippen molar-refractivity contribution in [2.75, 3.05) is 42.7 Å². The van der Waals surface area contributed by atoms with Crippen molar-refractivity contribution in [2.24, 2.45) is 23.7 Å². The van der Waals surface area contributed by atoms with Gasteiger partial charge >= 0.3 is 12.1 Å². The maximum absolute atomic E-state index is 12.5. The molecule has 3 aliphatic rings. The van der Waals surface area contributed by atoms with Gasteiger partial charge in [-0.2, -0.15) is 9.59 Å². The van der Waals surface area contributed by atoms with E-state index in [-0.39, 0.29) is 41.2 Å². The number of unbranched alkanes of at least 4 members (excludes halogenated alkanes) is 8. The number of carbonyl (C=O) groups excluding carboxylic acids is 3. The Morgan fingerprint density at radius 1 is 0.552 bits per heavy atom. The summed E-state index contributed by atoms with van der Waals surface area (Å²) in [7, 11) is 10.2. The van der Waals surface area contributed by atoms with Crippen molar-refractivity contribution in [1.29, 1.82) is 0 Å². The van der Waals surface area contributed by atoms with Gasteiger partial charge in [-0.05, 0) is 242 Å². The molecule has 4 aromatic carbocycles. The number of phenols is 1. The fraction of sp³-hybridized carbons (Fsp3) is 0.576. The quantitative estimate of drug-likeness (QED) is 0.0323. The van der Waals surface area contributed by atoms with Crippen molar-refractivity contribution in [3.05, 3.63) is 165 Å². The van der Waals surface area contributed by atoms with Crippen LogP contribution in [0, 0.1) is 23.7 Å². The van der Waals surface area contributed by atoms with E-state index in [1.807, 2.05) is 64.1 Å². The van der Waals surface area contributed by atoms with Crippen LogP contribution in [0.2, 0.25) is 0 Å². The monoisotopic (exact) mass is 1450 g/mol. The van der Waals surface area contributed by atoms with Crippen molar-refractivity contribution in [3.8, 4) is 46.0 Å². The molecule has 0 saturated carbocycles. The van der Waals surface area contributed by atoms with E-state index in [1.165, 1.54) is 110 Å². The Morgan fingerprint density at radius 2 is 0.905 bits per heavy atom. The van der Waals surface area contributed by atoms with Crippen LogP contribution in [0.4, 0.5) is 0 Å². The molecule has 4 aromatic rings. The van der Waals surface area contributed by atoms with Gasteiger partial charge in [0.25, 0.3) is 0 Å². The molecule has 0 amide bonds. The van der Waals surface area contributed by atoms with Crippen molar-refractivity contribution in [1.82, 2.24) is 0 Å². The van der Waals surface area contributed by atoms with Crippen molar-refractivity contribution < 1.29 is 62.5 Å². The summed E-state index contributed by atoms with van der Waals surface area (Å²) >= 11 is 0. The third-order valence-electron chi connectivity index (χ3n) is 21.0. The summed E-state index contributed by atoms with van der Waals surface area (Å²) in [5, 5.41) is 20.6. The number of ketones is 1. The summed E-state index contributed by atoms with van der Waals surface area (Å²) in [6.45, 7) is 37.4. The predicted octanol–water partition coefficient (Wildman–Crippen LogP) is 23.9. The Labute approximate surface area is 634 Å². The summed E-state index contributed by atoms with van der Waals surface area (Å²) in [6.07, 6.45) is 38.9. The summed E-state index contributed by atoms with van der Waals surface area (Å²) < 4.78 is 40.8. The summed E-state index contributed by atoms with van der Waals surface area (Å²) in [5.41, 5.74) is 13.7. The highest BCUT2D eigenvalue weighted by Gasteiger charge is 2.45. The van der Waals surface area contributed by atoms with Gasteiger partial charge in [0.15, 0.2) is 0 Å². The van der Waals surface area contributed by atoms with Gasteiger partial charge in [-0.25, -0.2) is 0 Å². The minimum absolute atomic E-state index is 0.0866. The molecule has 0 spiro atoms. The highest BCUT2D eigenvalue weighted by Crippen LogP contribution is 2.54. The smallest absolute Gasteiger partial charge is 0.373 e. The lowest BCUT2D eigenvalue weighted by molar-refractivity contribution is -0.191. The normalized spacial score (nSPS) is 17.3. The molecule has 1 heterocycles. The molecule has 0 aromatic heterocycles. The number of phenolic OH excluding ortho intramolecular Hbond substituents is 1. The second kappa shape index (κ2) is 48.4. The number of methoxy groups -OCH3 is 6. The molecule has 0 bridgehead atoms. The largest absolute Gasteiger partial charge is 0.507 e. The summed E-state index contributed by atoms with van der Waals surface area (Å²) in [6, 6.07) is 16.9. The molecular weight excluding hydrogens is 1310 g/mol. The van der Waals surface area contributed by atoms with E-state index in [1.54, 1.807) is 49.6 Å². The number of rotatable bonds is 37. The van der Waals surface area contributed by atoms with E-state index in [4.69, 9.17) is 42.7 Å². The third kappa shape index (κ3) is 28.5. The topological polar surface area (TPSA) is 173 Å². The SMILES string of the molecule is C=C(C)CC[C@@H](C(=O)O)[C@@H](/C=C/C)c1c(OC)cc(CCCCC)cc1OC.C=C(C)CC[C@@H](C(C)=O)[C@@H](/C=C/C)c1c(OC)cc(CCCCC)cc1OC.CCCCCc1cc(O)c2c(c1)OC(C)(C)[C@@H]1CCC(C)=C[C@@H]21.CCCCCc1cc(OC)c([C@@H]2C=C(C)CC[C@H]2C)c(OC)c1.O=C=O. The van der Waals surface area contributed by atoms with Crippen LogP contribution >= 0.6 is 0 Å². The average molecular weight is 1450 g/mol. The maximum atomic E-state index is 12.5. The number of ether oxygens (including phenoxy) is 7. The molecule has 8 atom stereocenters. The van der Waals surface area contributed by atoms with Crippen LogP contribution in [0.3, 0.4) is 0 Å². The number of carboxylic acid groups (broad SMARTS) is 1. The van der Waals surface area contributed by atoms with Gasteiger partial charge in [-0.15, -0.1) is 13.2 Å². The number of fused-ring (bicyclic) bond motifs is 3. The van der Waals surface area contributed by atoms with Crippen molar-refractivity contribution >= 4 is 17.9 Å². The van der Waals surface area contributed by atoms with Gasteiger partial charge in [-0.1, -0.05) is 145 Å². The lowest BCUT2D eigenvalue weighted by Crippen LogP contribution is -2.45. The highest BCUT2D eigenvalue weighted by molar-refractivity contribution is 5.80. The molecule has 0 unspecified atom stereocenters. The molecule has 0 radical (unpaired) electrons. The standard InChI is InChI=1S/C25H38O3.C24H36O4.C21H30O2.C21H32O2.CO2/c1-8-10-11-13-20-16-23(27-6)25(24(17-20)28-7)22(12-9-2)21(19(5)26)15-14-18(3)4;1-7-9-10-12-18-15-21(27-5)23(22(16-18)28-6)19(11-8-2)20(24(25)26)14-13-17(3)4;1-5-6-7-8-15-12-18(22)20-16-11-14(2)9-10-17(16)21(3,4)23-19(20)13-15;1-6-7-8-9-17-13-19(22-4)21(20(14-17)23-5)18-12-15(2)10-11-16(18)3;2-1-3/h9,12,16-17,21-22H,3,8,10-11,13-15H2,1-2,4-7H3;8,11,15-16,19-20H,3,7,9-10,12-14H2,1-2,4-6H3,(H,25,26);11-13,16-17,22H,5-10H2,1-4H3;12-14,16,18H,6-11H2,1-5H3;/b12-9+;11-8+;;;/t21-,22+;19-,20-;16-,17-;16-,18-;/m0111./s1. The molecule has 0 fully saturated rings. The molecular formula is C92H136O13. The molecule has 7 rings (SSSR count). The first-order chi connectivity index (χ1) is 50.2. The zero-order valence-electron chi connectivity index (χ0n) is 68.5. The molecule has 13 heteroatoms.